The van der Waals surface area contributed by atoms with Crippen molar-refractivity contribution in [2.24, 2.45) is 5.92 Å². The van der Waals surface area contributed by atoms with Crippen molar-refractivity contribution in [2.45, 2.75) is 51.5 Å². The molecule has 1 fully saturated rings. The van der Waals surface area contributed by atoms with Crippen LogP contribution in [0.3, 0.4) is 0 Å². The van der Waals surface area contributed by atoms with Gasteiger partial charge in [-0.3, -0.25) is 0 Å². The SMILES string of the molecule is CCC(C1CCCCC1)n1c(N)nc2c(C#N)cccc21. The maximum Gasteiger partial charge on any atom is 0.201 e. The number of anilines is 1. The first kappa shape index (κ1) is 13.9. The van der Waals surface area contributed by atoms with Crippen molar-refractivity contribution in [3.05, 3.63) is 23.8 Å². The van der Waals surface area contributed by atoms with Gasteiger partial charge in [-0.05, 0) is 37.3 Å². The molecule has 1 aliphatic carbocycles. The minimum atomic E-state index is 0.393. The van der Waals surface area contributed by atoms with E-state index in [1.807, 2.05) is 12.1 Å². The topological polar surface area (TPSA) is 67.6 Å². The predicted octanol–water partition coefficient (Wildman–Crippen LogP) is 4.02. The number of nitrogens with two attached hydrogens (primary N) is 1. The van der Waals surface area contributed by atoms with E-state index < -0.39 is 0 Å². The van der Waals surface area contributed by atoms with E-state index in [1.54, 1.807) is 6.07 Å². The molecule has 1 aromatic heterocycles. The van der Waals surface area contributed by atoms with Gasteiger partial charge >= 0.3 is 0 Å². The molecule has 0 aliphatic heterocycles. The fourth-order valence-corrected chi connectivity index (χ4v) is 3.82. The Bertz CT molecular complexity index is 674. The second-order valence-corrected chi connectivity index (χ2v) is 6.00. The van der Waals surface area contributed by atoms with Crippen LogP contribution < -0.4 is 5.73 Å². The van der Waals surface area contributed by atoms with Crippen LogP contribution in [0.2, 0.25) is 0 Å². The lowest BCUT2D eigenvalue weighted by molar-refractivity contribution is 0.249. The van der Waals surface area contributed by atoms with E-state index >= 15 is 0 Å². The standard InChI is InChI=1S/C17H22N4/c1-2-14(12-7-4-3-5-8-12)21-15-10-6-9-13(11-18)16(15)20-17(21)19/h6,9-10,12,14H,2-5,7-8H2,1H3,(H2,19,20). The van der Waals surface area contributed by atoms with Gasteiger partial charge in [0.15, 0.2) is 0 Å². The molecule has 1 atom stereocenters. The summed E-state index contributed by atoms with van der Waals surface area (Å²) in [5.41, 5.74) is 8.56. The van der Waals surface area contributed by atoms with Crippen LogP contribution in [0.25, 0.3) is 11.0 Å². The molecule has 4 nitrogen and oxygen atoms in total. The second kappa shape index (κ2) is 5.77. The molecule has 0 amide bonds. The Morgan fingerprint density at radius 2 is 2.14 bits per heavy atom. The number of fused-ring (bicyclic) bond motifs is 1. The second-order valence-electron chi connectivity index (χ2n) is 6.00. The Labute approximate surface area is 125 Å². The van der Waals surface area contributed by atoms with Gasteiger partial charge in [-0.1, -0.05) is 32.3 Å². The Kier molecular flexibility index (Phi) is 3.83. The third-order valence-corrected chi connectivity index (χ3v) is 4.81. The fraction of sp³-hybridized carbons (Fsp3) is 0.529. The molecule has 4 heteroatoms. The fourth-order valence-electron chi connectivity index (χ4n) is 3.82. The number of hydrogen-bond donors (Lipinski definition) is 1. The van der Waals surface area contributed by atoms with Crippen LogP contribution in [0.1, 0.15) is 57.1 Å². The Morgan fingerprint density at radius 1 is 1.38 bits per heavy atom. The summed E-state index contributed by atoms with van der Waals surface area (Å²) in [4.78, 5) is 4.47. The number of hydrogen-bond acceptors (Lipinski definition) is 3. The molecule has 2 N–H and O–H groups in total. The van der Waals surface area contributed by atoms with Crippen LogP contribution in [0, 0.1) is 17.2 Å². The number of rotatable bonds is 3. The first-order valence-electron chi connectivity index (χ1n) is 7.92. The van der Waals surface area contributed by atoms with E-state index in [0.717, 1.165) is 17.5 Å². The van der Waals surface area contributed by atoms with E-state index in [9.17, 15) is 5.26 Å². The molecule has 1 heterocycles. The molecule has 1 aliphatic rings. The number of nitrogens with zero attached hydrogens (tertiary/aromatic N) is 3. The van der Waals surface area contributed by atoms with Gasteiger partial charge in [-0.15, -0.1) is 0 Å². The first-order valence-corrected chi connectivity index (χ1v) is 7.92. The number of para-hydroxylation sites is 1. The van der Waals surface area contributed by atoms with E-state index in [-0.39, 0.29) is 0 Å². The molecule has 21 heavy (non-hydrogen) atoms. The van der Waals surface area contributed by atoms with Gasteiger partial charge in [0.25, 0.3) is 0 Å². The lowest BCUT2D eigenvalue weighted by Gasteiger charge is -2.31. The van der Waals surface area contributed by atoms with Crippen molar-refractivity contribution in [1.29, 1.82) is 5.26 Å². The Hall–Kier alpha value is -2.02. The van der Waals surface area contributed by atoms with Crippen LogP contribution >= 0.6 is 0 Å². The highest BCUT2D eigenvalue weighted by molar-refractivity contribution is 5.84. The molecular formula is C17H22N4. The summed E-state index contributed by atoms with van der Waals surface area (Å²) in [5, 5.41) is 9.24. The van der Waals surface area contributed by atoms with Crippen molar-refractivity contribution in [2.75, 3.05) is 5.73 Å². The molecule has 1 unspecified atom stereocenters. The third-order valence-electron chi connectivity index (χ3n) is 4.81. The maximum absolute atomic E-state index is 9.24. The third kappa shape index (κ3) is 2.37. The molecule has 1 saturated carbocycles. The Morgan fingerprint density at radius 3 is 2.81 bits per heavy atom. The number of nitriles is 1. The highest BCUT2D eigenvalue weighted by Gasteiger charge is 2.27. The van der Waals surface area contributed by atoms with Gasteiger partial charge in [0.2, 0.25) is 5.95 Å². The zero-order valence-corrected chi connectivity index (χ0v) is 12.5. The molecule has 0 saturated heterocycles. The van der Waals surface area contributed by atoms with Crippen LogP contribution in [0.5, 0.6) is 0 Å². The molecular weight excluding hydrogens is 260 g/mol. The minimum absolute atomic E-state index is 0.393. The quantitative estimate of drug-likeness (QED) is 0.924. The van der Waals surface area contributed by atoms with Crippen molar-refractivity contribution in [3.63, 3.8) is 0 Å². The molecule has 0 spiro atoms. The van der Waals surface area contributed by atoms with Gasteiger partial charge in [0, 0.05) is 6.04 Å². The number of nitrogen functional groups attached to an aromatic ring is 1. The predicted molar refractivity (Wildman–Crippen MR) is 84.8 cm³/mol. The summed E-state index contributed by atoms with van der Waals surface area (Å²) in [6, 6.07) is 8.37. The van der Waals surface area contributed by atoms with Crippen molar-refractivity contribution < 1.29 is 0 Å². The van der Waals surface area contributed by atoms with Gasteiger partial charge in [-0.25, -0.2) is 4.98 Å². The van der Waals surface area contributed by atoms with Crippen LogP contribution in [0.4, 0.5) is 5.95 Å². The van der Waals surface area contributed by atoms with E-state index in [4.69, 9.17) is 5.73 Å². The largest absolute Gasteiger partial charge is 0.369 e. The zero-order valence-electron chi connectivity index (χ0n) is 12.5. The molecule has 0 bridgehead atoms. The van der Waals surface area contributed by atoms with Gasteiger partial charge in [0.05, 0.1) is 11.1 Å². The lowest BCUT2D eigenvalue weighted by atomic mass is 9.82. The summed E-state index contributed by atoms with van der Waals surface area (Å²) in [6.07, 6.45) is 7.59. The average molecular weight is 282 g/mol. The van der Waals surface area contributed by atoms with Gasteiger partial charge in [-0.2, -0.15) is 5.26 Å². The van der Waals surface area contributed by atoms with Crippen LogP contribution in [-0.2, 0) is 0 Å². The summed E-state index contributed by atoms with van der Waals surface area (Å²) in [5.74, 6) is 1.22. The molecule has 110 valence electrons. The number of benzene rings is 1. The summed E-state index contributed by atoms with van der Waals surface area (Å²) >= 11 is 0. The Balaban J connectivity index is 2.10. The summed E-state index contributed by atoms with van der Waals surface area (Å²) in [7, 11) is 0. The highest BCUT2D eigenvalue weighted by atomic mass is 15.2. The molecule has 1 aromatic carbocycles. The van der Waals surface area contributed by atoms with Crippen LogP contribution in [-0.4, -0.2) is 9.55 Å². The van der Waals surface area contributed by atoms with Gasteiger partial charge < -0.3 is 10.3 Å². The normalized spacial score (nSPS) is 17.7. The highest BCUT2D eigenvalue weighted by Crippen LogP contribution is 2.38. The van der Waals surface area contributed by atoms with Crippen molar-refractivity contribution in [3.8, 4) is 6.07 Å². The zero-order chi connectivity index (χ0) is 14.8. The van der Waals surface area contributed by atoms with E-state index in [2.05, 4.69) is 22.5 Å². The molecule has 3 rings (SSSR count). The number of aromatic nitrogens is 2. The minimum Gasteiger partial charge on any atom is -0.369 e. The smallest absolute Gasteiger partial charge is 0.201 e. The van der Waals surface area contributed by atoms with E-state index in [1.165, 1.54) is 32.1 Å². The van der Waals surface area contributed by atoms with Gasteiger partial charge in [0.1, 0.15) is 11.6 Å². The average Bonchev–Trinajstić information content (AvgIpc) is 2.86. The van der Waals surface area contributed by atoms with Crippen LogP contribution in [0.15, 0.2) is 18.2 Å². The molecule has 2 aromatic rings. The van der Waals surface area contributed by atoms with Crippen molar-refractivity contribution >= 4 is 17.0 Å². The first-order chi connectivity index (χ1) is 10.3. The lowest BCUT2D eigenvalue weighted by Crippen LogP contribution is -2.22. The van der Waals surface area contributed by atoms with Crippen molar-refractivity contribution in [1.82, 2.24) is 9.55 Å². The van der Waals surface area contributed by atoms with E-state index in [0.29, 0.717) is 23.5 Å². The maximum atomic E-state index is 9.24. The summed E-state index contributed by atoms with van der Waals surface area (Å²) in [6.45, 7) is 2.22. The monoisotopic (exact) mass is 282 g/mol. The number of imidazole rings is 1. The molecule has 0 radical (unpaired) electrons. The summed E-state index contributed by atoms with van der Waals surface area (Å²) < 4.78 is 2.17.